The van der Waals surface area contributed by atoms with Gasteiger partial charge in [0.15, 0.2) is 4.34 Å². The van der Waals surface area contributed by atoms with Crippen LogP contribution in [0.3, 0.4) is 0 Å². The molecule has 0 saturated carbocycles. The minimum absolute atomic E-state index is 0.286. The van der Waals surface area contributed by atoms with Gasteiger partial charge in [0.25, 0.3) is 0 Å². The fourth-order valence-electron chi connectivity index (χ4n) is 1.70. The van der Waals surface area contributed by atoms with Gasteiger partial charge >= 0.3 is 0 Å². The van der Waals surface area contributed by atoms with Crippen molar-refractivity contribution in [2.45, 2.75) is 31.2 Å². The van der Waals surface area contributed by atoms with Crippen molar-refractivity contribution in [1.82, 2.24) is 10.2 Å². The third kappa shape index (κ3) is 4.47. The molecule has 1 unspecified atom stereocenters. The second-order valence-electron chi connectivity index (χ2n) is 4.63. The molecule has 1 aromatic carbocycles. The van der Waals surface area contributed by atoms with Gasteiger partial charge in [-0.15, -0.1) is 10.2 Å². The number of hydrogen-bond acceptors (Lipinski definition) is 6. The molecule has 0 aliphatic carbocycles. The van der Waals surface area contributed by atoms with E-state index in [1.165, 1.54) is 28.7 Å². The number of hydrogen-bond donors (Lipinski definition) is 1. The van der Waals surface area contributed by atoms with Gasteiger partial charge in [0.1, 0.15) is 17.4 Å². The Labute approximate surface area is 127 Å². The summed E-state index contributed by atoms with van der Waals surface area (Å²) in [7, 11) is 0. The van der Waals surface area contributed by atoms with Crippen LogP contribution in [0.4, 0.5) is 0 Å². The van der Waals surface area contributed by atoms with E-state index in [9.17, 15) is 5.11 Å². The maximum Gasteiger partial charge on any atom is 0.174 e. The molecule has 20 heavy (non-hydrogen) atoms. The SMILES string of the molecule is Cc1ccc(OCC(O)CSc2nnc(C)s2)c(C)c1. The molecular formula is C14H18N2O2S2. The Morgan fingerprint density at radius 1 is 1.30 bits per heavy atom. The van der Waals surface area contributed by atoms with E-state index >= 15 is 0 Å². The fourth-order valence-corrected chi connectivity index (χ4v) is 3.45. The summed E-state index contributed by atoms with van der Waals surface area (Å²) in [6.07, 6.45) is -0.523. The first-order valence-electron chi connectivity index (χ1n) is 6.35. The smallest absolute Gasteiger partial charge is 0.174 e. The molecule has 0 saturated heterocycles. The highest BCUT2D eigenvalue weighted by atomic mass is 32.2. The van der Waals surface area contributed by atoms with Crippen molar-refractivity contribution < 1.29 is 9.84 Å². The van der Waals surface area contributed by atoms with Crippen LogP contribution in [0.5, 0.6) is 5.75 Å². The van der Waals surface area contributed by atoms with Crippen LogP contribution in [0.15, 0.2) is 22.5 Å². The average molecular weight is 310 g/mol. The Morgan fingerprint density at radius 3 is 2.75 bits per heavy atom. The molecule has 0 bridgehead atoms. The van der Waals surface area contributed by atoms with E-state index in [-0.39, 0.29) is 6.61 Å². The molecule has 6 heteroatoms. The largest absolute Gasteiger partial charge is 0.491 e. The normalized spacial score (nSPS) is 12.4. The lowest BCUT2D eigenvalue weighted by Crippen LogP contribution is -2.20. The van der Waals surface area contributed by atoms with E-state index in [0.717, 1.165) is 20.7 Å². The lowest BCUT2D eigenvalue weighted by Gasteiger charge is -2.13. The summed E-state index contributed by atoms with van der Waals surface area (Å²) in [4.78, 5) is 0. The molecule has 2 aromatic rings. The van der Waals surface area contributed by atoms with Gasteiger partial charge in [-0.25, -0.2) is 0 Å². The second kappa shape index (κ2) is 7.06. The zero-order valence-corrected chi connectivity index (χ0v) is 13.4. The summed E-state index contributed by atoms with van der Waals surface area (Å²) in [6.45, 7) is 6.26. The van der Waals surface area contributed by atoms with Crippen LogP contribution in [0.1, 0.15) is 16.1 Å². The zero-order chi connectivity index (χ0) is 14.5. The van der Waals surface area contributed by atoms with E-state index < -0.39 is 6.10 Å². The standard InChI is InChI=1S/C14H18N2O2S2/c1-9-4-5-13(10(2)6-9)18-7-12(17)8-19-14-16-15-11(3)20-14/h4-6,12,17H,7-8H2,1-3H3. The van der Waals surface area contributed by atoms with Gasteiger partial charge < -0.3 is 9.84 Å². The molecule has 0 spiro atoms. The molecule has 108 valence electrons. The highest BCUT2D eigenvalue weighted by Gasteiger charge is 2.09. The van der Waals surface area contributed by atoms with E-state index in [1.807, 2.05) is 32.9 Å². The molecule has 1 N–H and O–H groups in total. The molecule has 2 rings (SSSR count). The Hall–Kier alpha value is -1.11. The molecule has 1 heterocycles. The first-order valence-corrected chi connectivity index (χ1v) is 8.16. The van der Waals surface area contributed by atoms with Crippen LogP contribution >= 0.6 is 23.1 Å². The van der Waals surface area contributed by atoms with Crippen LogP contribution < -0.4 is 4.74 Å². The fraction of sp³-hybridized carbons (Fsp3) is 0.429. The van der Waals surface area contributed by atoms with Gasteiger partial charge in [0.2, 0.25) is 0 Å². The number of aliphatic hydroxyl groups is 1. The zero-order valence-electron chi connectivity index (χ0n) is 11.8. The summed E-state index contributed by atoms with van der Waals surface area (Å²) in [5.74, 6) is 1.38. The predicted molar refractivity (Wildman–Crippen MR) is 82.8 cm³/mol. The van der Waals surface area contributed by atoms with Crippen LogP contribution in [-0.4, -0.2) is 33.8 Å². The van der Waals surface area contributed by atoms with Crippen molar-refractivity contribution in [3.05, 3.63) is 34.3 Å². The molecular weight excluding hydrogens is 292 g/mol. The predicted octanol–water partition coefficient (Wildman–Crippen LogP) is 3.00. The van der Waals surface area contributed by atoms with Crippen LogP contribution in [0.2, 0.25) is 0 Å². The number of aliphatic hydroxyl groups excluding tert-OH is 1. The van der Waals surface area contributed by atoms with Gasteiger partial charge in [-0.1, -0.05) is 40.8 Å². The Kier molecular flexibility index (Phi) is 5.39. The van der Waals surface area contributed by atoms with Crippen molar-refractivity contribution in [3.8, 4) is 5.75 Å². The third-order valence-electron chi connectivity index (χ3n) is 2.67. The quantitative estimate of drug-likeness (QED) is 0.831. The molecule has 0 amide bonds. The van der Waals surface area contributed by atoms with Crippen LogP contribution in [-0.2, 0) is 0 Å². The Morgan fingerprint density at radius 2 is 2.10 bits per heavy atom. The maximum atomic E-state index is 9.93. The van der Waals surface area contributed by atoms with Gasteiger partial charge in [-0.2, -0.15) is 0 Å². The minimum Gasteiger partial charge on any atom is -0.491 e. The first kappa shape index (κ1) is 15.3. The first-order chi connectivity index (χ1) is 9.54. The molecule has 4 nitrogen and oxygen atoms in total. The third-order valence-corrected chi connectivity index (χ3v) is 4.79. The van der Waals surface area contributed by atoms with Gasteiger partial charge in [0, 0.05) is 5.75 Å². The van der Waals surface area contributed by atoms with Crippen molar-refractivity contribution >= 4 is 23.1 Å². The van der Waals surface area contributed by atoms with Crippen molar-refractivity contribution in [2.75, 3.05) is 12.4 Å². The maximum absolute atomic E-state index is 9.93. The summed E-state index contributed by atoms with van der Waals surface area (Å²) in [5.41, 5.74) is 2.29. The van der Waals surface area contributed by atoms with Crippen molar-refractivity contribution in [3.63, 3.8) is 0 Å². The van der Waals surface area contributed by atoms with Crippen LogP contribution in [0.25, 0.3) is 0 Å². The van der Waals surface area contributed by atoms with Gasteiger partial charge in [-0.05, 0) is 32.4 Å². The van der Waals surface area contributed by atoms with Gasteiger partial charge in [0.05, 0.1) is 6.10 Å². The summed E-state index contributed by atoms with van der Waals surface area (Å²) >= 11 is 3.04. The molecule has 1 atom stereocenters. The van der Waals surface area contributed by atoms with E-state index in [1.54, 1.807) is 0 Å². The number of aryl methyl sites for hydroxylation is 3. The molecule has 0 aliphatic rings. The highest BCUT2D eigenvalue weighted by molar-refractivity contribution is 8.01. The summed E-state index contributed by atoms with van der Waals surface area (Å²) in [5, 5.41) is 18.8. The average Bonchev–Trinajstić information content (AvgIpc) is 2.81. The lowest BCUT2D eigenvalue weighted by molar-refractivity contribution is 0.126. The number of aromatic nitrogens is 2. The second-order valence-corrected chi connectivity index (χ2v) is 7.08. The molecule has 0 fully saturated rings. The lowest BCUT2D eigenvalue weighted by atomic mass is 10.1. The highest BCUT2D eigenvalue weighted by Crippen LogP contribution is 2.23. The number of nitrogens with zero attached hydrogens (tertiary/aromatic N) is 2. The summed E-state index contributed by atoms with van der Waals surface area (Å²) in [6, 6.07) is 6.02. The number of rotatable bonds is 6. The summed E-state index contributed by atoms with van der Waals surface area (Å²) < 4.78 is 6.53. The number of ether oxygens (including phenoxy) is 1. The molecule has 0 radical (unpaired) electrons. The van der Waals surface area contributed by atoms with E-state index in [4.69, 9.17) is 4.74 Å². The van der Waals surface area contributed by atoms with E-state index in [0.29, 0.717) is 5.75 Å². The van der Waals surface area contributed by atoms with Crippen molar-refractivity contribution in [1.29, 1.82) is 0 Å². The topological polar surface area (TPSA) is 55.2 Å². The van der Waals surface area contributed by atoms with E-state index in [2.05, 4.69) is 16.3 Å². The number of thioether (sulfide) groups is 1. The van der Waals surface area contributed by atoms with Gasteiger partial charge in [-0.3, -0.25) is 0 Å². The number of benzene rings is 1. The minimum atomic E-state index is -0.523. The molecule has 1 aromatic heterocycles. The Balaban J connectivity index is 1.78. The van der Waals surface area contributed by atoms with Crippen LogP contribution in [0, 0.1) is 20.8 Å². The monoisotopic (exact) mass is 310 g/mol. The van der Waals surface area contributed by atoms with Crippen molar-refractivity contribution in [2.24, 2.45) is 0 Å². The Bertz CT molecular complexity index is 572. The molecule has 0 aliphatic heterocycles.